The molecule has 0 radical (unpaired) electrons. The average Bonchev–Trinajstić information content (AvgIpc) is 2.37. The molecule has 116 valence electrons. The first kappa shape index (κ1) is 16.9. The van der Waals surface area contributed by atoms with Gasteiger partial charge in [-0.05, 0) is 19.1 Å². The van der Waals surface area contributed by atoms with E-state index in [-0.39, 0.29) is 17.8 Å². The maximum absolute atomic E-state index is 11.9. The van der Waals surface area contributed by atoms with Crippen molar-refractivity contribution in [3.8, 4) is 0 Å². The summed E-state index contributed by atoms with van der Waals surface area (Å²) >= 11 is 0. The number of nitro benzene ring substituents is 1. The van der Waals surface area contributed by atoms with Gasteiger partial charge >= 0.3 is 0 Å². The summed E-state index contributed by atoms with van der Waals surface area (Å²) < 4.78 is 21.5. The number of amides is 1. The van der Waals surface area contributed by atoms with Gasteiger partial charge in [0.2, 0.25) is 10.0 Å². The van der Waals surface area contributed by atoms with Crippen LogP contribution in [-0.2, 0) is 10.0 Å². The van der Waals surface area contributed by atoms with E-state index in [0.717, 1.165) is 0 Å². The Morgan fingerprint density at radius 1 is 1.43 bits per heavy atom. The number of benzene rings is 1. The summed E-state index contributed by atoms with van der Waals surface area (Å²) in [5, 5.41) is 20.9. The molecule has 1 aromatic carbocycles. The average molecular weight is 316 g/mol. The molecule has 1 amide bonds. The van der Waals surface area contributed by atoms with Gasteiger partial charge in [0, 0.05) is 24.8 Å². The van der Waals surface area contributed by atoms with Crippen molar-refractivity contribution >= 4 is 27.3 Å². The van der Waals surface area contributed by atoms with Gasteiger partial charge in [-0.15, -0.1) is 0 Å². The number of primary sulfonamides is 1. The standard InChI is InChI=1S/C11H16N4O5S/c1-2-13-8-3-4-10(15(17)18)9(7-8)11(16)14-5-6-21(12,19)20/h3-4,7,13H,2,5-6H2,1H3,(H,14,16)(H2,12,19,20). The fraction of sp³-hybridized carbons (Fsp3) is 0.364. The zero-order valence-corrected chi connectivity index (χ0v) is 12.1. The van der Waals surface area contributed by atoms with Crippen LogP contribution in [0.5, 0.6) is 0 Å². The Labute approximate surface area is 121 Å². The van der Waals surface area contributed by atoms with Crippen molar-refractivity contribution in [3.63, 3.8) is 0 Å². The normalized spacial score (nSPS) is 11.0. The second-order valence-electron chi connectivity index (χ2n) is 4.14. The molecular formula is C11H16N4O5S. The van der Waals surface area contributed by atoms with Crippen LogP contribution in [-0.4, -0.2) is 38.1 Å². The number of carbonyl (C=O) groups is 1. The van der Waals surface area contributed by atoms with Gasteiger partial charge in [0.15, 0.2) is 0 Å². The zero-order chi connectivity index (χ0) is 16.0. The molecule has 0 fully saturated rings. The molecule has 0 aliphatic rings. The highest BCUT2D eigenvalue weighted by Crippen LogP contribution is 2.22. The SMILES string of the molecule is CCNc1ccc([N+](=O)[O-])c(C(=O)NCCS(N)(=O)=O)c1. The van der Waals surface area contributed by atoms with Gasteiger partial charge < -0.3 is 10.6 Å². The predicted octanol–water partition coefficient (Wildman–Crippen LogP) is 0.0449. The minimum absolute atomic E-state index is 0.145. The number of sulfonamides is 1. The van der Waals surface area contributed by atoms with E-state index < -0.39 is 26.6 Å². The summed E-state index contributed by atoms with van der Waals surface area (Å²) in [4.78, 5) is 22.2. The Bertz CT molecular complexity index is 644. The van der Waals surface area contributed by atoms with Crippen molar-refractivity contribution in [1.29, 1.82) is 0 Å². The highest BCUT2D eigenvalue weighted by atomic mass is 32.2. The molecule has 0 spiro atoms. The number of nitro groups is 1. The number of rotatable bonds is 7. The van der Waals surface area contributed by atoms with E-state index in [4.69, 9.17) is 5.14 Å². The Morgan fingerprint density at radius 2 is 2.10 bits per heavy atom. The second-order valence-corrected chi connectivity index (χ2v) is 5.88. The summed E-state index contributed by atoms with van der Waals surface area (Å²) in [6, 6.07) is 4.04. The van der Waals surface area contributed by atoms with Crippen molar-refractivity contribution in [2.45, 2.75) is 6.92 Å². The van der Waals surface area contributed by atoms with E-state index in [1.807, 2.05) is 6.92 Å². The van der Waals surface area contributed by atoms with Crippen LogP contribution in [0, 0.1) is 10.1 Å². The van der Waals surface area contributed by atoms with Crippen molar-refractivity contribution in [2.24, 2.45) is 5.14 Å². The smallest absolute Gasteiger partial charge is 0.282 e. The fourth-order valence-corrected chi connectivity index (χ4v) is 1.98. The third-order valence-electron chi connectivity index (χ3n) is 2.49. The third kappa shape index (κ3) is 5.36. The maximum atomic E-state index is 11.9. The van der Waals surface area contributed by atoms with Crippen LogP contribution in [0.15, 0.2) is 18.2 Å². The van der Waals surface area contributed by atoms with Crippen LogP contribution in [0.3, 0.4) is 0 Å². The first-order chi connectivity index (χ1) is 9.74. The van der Waals surface area contributed by atoms with Crippen LogP contribution in [0.4, 0.5) is 11.4 Å². The maximum Gasteiger partial charge on any atom is 0.282 e. The van der Waals surface area contributed by atoms with Gasteiger partial charge in [-0.25, -0.2) is 13.6 Å². The molecule has 21 heavy (non-hydrogen) atoms. The van der Waals surface area contributed by atoms with Crippen molar-refractivity contribution in [1.82, 2.24) is 5.32 Å². The van der Waals surface area contributed by atoms with Crippen LogP contribution >= 0.6 is 0 Å². The molecule has 4 N–H and O–H groups in total. The molecule has 0 atom stereocenters. The number of hydrogen-bond donors (Lipinski definition) is 3. The molecular weight excluding hydrogens is 300 g/mol. The number of hydrogen-bond acceptors (Lipinski definition) is 6. The van der Waals surface area contributed by atoms with Gasteiger partial charge in [-0.1, -0.05) is 0 Å². The molecule has 1 aromatic rings. The van der Waals surface area contributed by atoms with Gasteiger partial charge in [0.05, 0.1) is 10.7 Å². The van der Waals surface area contributed by atoms with Gasteiger partial charge in [0.25, 0.3) is 11.6 Å². The van der Waals surface area contributed by atoms with Gasteiger partial charge in [-0.2, -0.15) is 0 Å². The number of nitrogens with one attached hydrogen (secondary N) is 2. The van der Waals surface area contributed by atoms with Crippen LogP contribution in [0.1, 0.15) is 17.3 Å². The molecule has 1 rings (SSSR count). The van der Waals surface area contributed by atoms with Crippen molar-refractivity contribution in [2.75, 3.05) is 24.2 Å². The van der Waals surface area contributed by atoms with E-state index in [1.165, 1.54) is 18.2 Å². The topological polar surface area (TPSA) is 144 Å². The number of nitrogens with zero attached hydrogens (tertiary/aromatic N) is 1. The van der Waals surface area contributed by atoms with Crippen LogP contribution < -0.4 is 15.8 Å². The van der Waals surface area contributed by atoms with Crippen molar-refractivity contribution < 1.29 is 18.1 Å². The minimum atomic E-state index is -3.71. The molecule has 0 heterocycles. The van der Waals surface area contributed by atoms with E-state index in [2.05, 4.69) is 10.6 Å². The number of anilines is 1. The lowest BCUT2D eigenvalue weighted by atomic mass is 10.1. The monoisotopic (exact) mass is 316 g/mol. The molecule has 0 aromatic heterocycles. The molecule has 0 aliphatic carbocycles. The lowest BCUT2D eigenvalue weighted by Crippen LogP contribution is -2.31. The van der Waals surface area contributed by atoms with Gasteiger partial charge in [-0.3, -0.25) is 14.9 Å². The Hall–Kier alpha value is -2.20. The second kappa shape index (κ2) is 6.99. The summed E-state index contributed by atoms with van der Waals surface area (Å²) in [6.07, 6.45) is 0. The first-order valence-electron chi connectivity index (χ1n) is 6.05. The predicted molar refractivity (Wildman–Crippen MR) is 77.6 cm³/mol. The fourth-order valence-electron chi connectivity index (χ4n) is 1.59. The third-order valence-corrected chi connectivity index (χ3v) is 3.26. The highest BCUT2D eigenvalue weighted by Gasteiger charge is 2.20. The summed E-state index contributed by atoms with van der Waals surface area (Å²) in [6.45, 7) is 2.21. The Morgan fingerprint density at radius 3 is 2.62 bits per heavy atom. The van der Waals surface area contributed by atoms with E-state index in [0.29, 0.717) is 12.2 Å². The quantitative estimate of drug-likeness (QED) is 0.478. The molecule has 10 heteroatoms. The Kier molecular flexibility index (Phi) is 5.61. The largest absolute Gasteiger partial charge is 0.385 e. The lowest BCUT2D eigenvalue weighted by Gasteiger charge is -2.08. The number of nitrogens with two attached hydrogens (primary N) is 1. The highest BCUT2D eigenvalue weighted by molar-refractivity contribution is 7.89. The molecule has 0 unspecified atom stereocenters. The summed E-state index contributed by atoms with van der Waals surface area (Å²) in [5.41, 5.74) is 0.0531. The minimum Gasteiger partial charge on any atom is -0.385 e. The molecule has 9 nitrogen and oxygen atoms in total. The lowest BCUT2D eigenvalue weighted by molar-refractivity contribution is -0.385. The summed E-state index contributed by atoms with van der Waals surface area (Å²) in [7, 11) is -3.71. The van der Waals surface area contributed by atoms with Gasteiger partial charge in [0.1, 0.15) is 5.56 Å². The van der Waals surface area contributed by atoms with Crippen molar-refractivity contribution in [3.05, 3.63) is 33.9 Å². The summed E-state index contributed by atoms with van der Waals surface area (Å²) in [5.74, 6) is -1.18. The van der Waals surface area contributed by atoms with E-state index >= 15 is 0 Å². The van der Waals surface area contributed by atoms with Crippen LogP contribution in [0.2, 0.25) is 0 Å². The molecule has 0 bridgehead atoms. The Balaban J connectivity index is 2.94. The van der Waals surface area contributed by atoms with Crippen LogP contribution in [0.25, 0.3) is 0 Å². The zero-order valence-electron chi connectivity index (χ0n) is 11.3. The van der Waals surface area contributed by atoms with E-state index in [9.17, 15) is 23.3 Å². The van der Waals surface area contributed by atoms with E-state index in [1.54, 1.807) is 0 Å². The molecule has 0 saturated carbocycles. The number of carbonyl (C=O) groups excluding carboxylic acids is 1. The first-order valence-corrected chi connectivity index (χ1v) is 7.77. The molecule has 0 aliphatic heterocycles. The molecule has 0 saturated heterocycles.